The molecule has 0 atom stereocenters. The van der Waals surface area contributed by atoms with Gasteiger partial charge < -0.3 is 24.4 Å². The van der Waals surface area contributed by atoms with Crippen molar-refractivity contribution in [2.24, 2.45) is 0 Å². The highest BCUT2D eigenvalue weighted by molar-refractivity contribution is 6.01. The molecular formula is C38H44N4O3. The van der Waals surface area contributed by atoms with E-state index in [9.17, 15) is 9.59 Å². The number of nitrogens with one attached hydrogen (secondary N) is 1. The largest absolute Gasteiger partial charge is 0.445 e. The zero-order chi connectivity index (χ0) is 30.9. The second kappa shape index (κ2) is 12.6. The molecule has 7 rings (SSSR count). The Morgan fingerprint density at radius 3 is 2.40 bits per heavy atom. The molecule has 1 N–H and O–H groups in total. The number of rotatable bonds is 5. The van der Waals surface area contributed by atoms with E-state index in [1.54, 1.807) is 7.05 Å². The summed E-state index contributed by atoms with van der Waals surface area (Å²) in [6, 6.07) is 23.4. The molecular weight excluding hydrogens is 560 g/mol. The van der Waals surface area contributed by atoms with Crippen molar-refractivity contribution in [2.45, 2.75) is 77.0 Å². The molecule has 2 aliphatic heterocycles. The first-order chi connectivity index (χ1) is 22.0. The van der Waals surface area contributed by atoms with Crippen molar-refractivity contribution in [1.82, 2.24) is 14.8 Å². The lowest BCUT2D eigenvalue weighted by Gasteiger charge is -2.39. The van der Waals surface area contributed by atoms with Gasteiger partial charge in [0.15, 0.2) is 0 Å². The van der Waals surface area contributed by atoms with Crippen molar-refractivity contribution >= 4 is 28.6 Å². The number of aromatic nitrogens is 1. The van der Waals surface area contributed by atoms with E-state index >= 15 is 0 Å². The number of likely N-dealkylation sites (tertiary alicyclic amines) is 1. The summed E-state index contributed by atoms with van der Waals surface area (Å²) in [5.74, 6) is 0.473. The highest BCUT2D eigenvalue weighted by Gasteiger charge is 2.34. The van der Waals surface area contributed by atoms with E-state index in [2.05, 4.69) is 52.0 Å². The quantitative estimate of drug-likeness (QED) is 0.254. The number of anilines is 1. The molecule has 1 aromatic heterocycles. The maximum absolute atomic E-state index is 12.9. The van der Waals surface area contributed by atoms with Gasteiger partial charge in [0, 0.05) is 67.0 Å². The topological polar surface area (TPSA) is 66.8 Å². The van der Waals surface area contributed by atoms with Gasteiger partial charge in [-0.2, -0.15) is 0 Å². The Balaban J connectivity index is 1.21. The Hall–Kier alpha value is -4.26. The number of piperidine rings is 1. The normalized spacial score (nSPS) is 17.5. The fraction of sp³-hybridized carbons (Fsp3) is 0.421. The monoisotopic (exact) mass is 604 g/mol. The molecule has 1 aliphatic carbocycles. The van der Waals surface area contributed by atoms with E-state index in [4.69, 9.17) is 4.74 Å². The van der Waals surface area contributed by atoms with E-state index in [0.29, 0.717) is 37.2 Å². The van der Waals surface area contributed by atoms with Crippen LogP contribution in [-0.2, 0) is 17.9 Å². The third-order valence-corrected chi connectivity index (χ3v) is 10.3. The van der Waals surface area contributed by atoms with Crippen LogP contribution in [0.25, 0.3) is 22.2 Å². The van der Waals surface area contributed by atoms with Gasteiger partial charge in [-0.15, -0.1) is 0 Å². The molecule has 234 valence electrons. The van der Waals surface area contributed by atoms with Crippen molar-refractivity contribution in [3.8, 4) is 11.3 Å². The highest BCUT2D eigenvalue weighted by Crippen LogP contribution is 2.48. The lowest BCUT2D eigenvalue weighted by molar-refractivity contribution is 0.0867. The maximum atomic E-state index is 12.9. The van der Waals surface area contributed by atoms with Gasteiger partial charge in [0.1, 0.15) is 6.61 Å². The summed E-state index contributed by atoms with van der Waals surface area (Å²) in [5, 5.41) is 4.11. The number of hydrogen-bond donors (Lipinski definition) is 1. The standard InChI is InChI=1S/C38H44N4O3/c1-26-13-15-32-33(23-26)41(30-17-19-40(20-18-30)38(44)45-25-27-9-5-3-6-10-27)21-22-42-34-24-29(37(43)39-2)14-16-31(34)35(36(32)42)28-11-7-4-8-12-28/h3,5-6,9-10,13-16,23-24,28,30H,4,7-8,11-12,17-22,25H2,1-2H3,(H,39,43). The SMILES string of the molecule is CNC(=O)c1ccc2c(C3CCCCC3)c3n(c2c1)CCN(C1CCN(C(=O)OCc2ccccc2)CC1)c1cc(C)ccc1-3. The van der Waals surface area contributed by atoms with Crippen LogP contribution in [0.15, 0.2) is 66.7 Å². The van der Waals surface area contributed by atoms with E-state index in [1.165, 1.54) is 65.6 Å². The molecule has 0 unspecified atom stereocenters. The van der Waals surface area contributed by atoms with Crippen LogP contribution in [0.5, 0.6) is 0 Å². The van der Waals surface area contributed by atoms with E-state index in [-0.39, 0.29) is 12.0 Å². The Labute approximate surface area is 266 Å². The number of aryl methyl sites for hydroxylation is 1. The molecule has 0 spiro atoms. The molecule has 7 nitrogen and oxygen atoms in total. The van der Waals surface area contributed by atoms with E-state index in [1.807, 2.05) is 41.3 Å². The molecule has 1 saturated carbocycles. The van der Waals surface area contributed by atoms with E-state index in [0.717, 1.165) is 37.0 Å². The average Bonchev–Trinajstić information content (AvgIpc) is 3.31. The number of hydrogen-bond acceptors (Lipinski definition) is 4. The fourth-order valence-electron chi connectivity index (χ4n) is 7.95. The van der Waals surface area contributed by atoms with Crippen LogP contribution >= 0.6 is 0 Å². The number of fused-ring (bicyclic) bond motifs is 5. The number of ether oxygens (including phenoxy) is 1. The molecule has 2 fully saturated rings. The fourth-order valence-corrected chi connectivity index (χ4v) is 7.95. The first-order valence-electron chi connectivity index (χ1n) is 16.7. The van der Waals surface area contributed by atoms with E-state index < -0.39 is 0 Å². The number of carbonyl (C=O) groups excluding carboxylic acids is 2. The molecule has 3 aromatic carbocycles. The van der Waals surface area contributed by atoms with Gasteiger partial charge in [-0.05, 0) is 73.4 Å². The van der Waals surface area contributed by atoms with Gasteiger partial charge >= 0.3 is 6.09 Å². The number of carbonyl (C=O) groups is 2. The summed E-state index contributed by atoms with van der Waals surface area (Å²) in [5.41, 5.74) is 9.52. The Morgan fingerprint density at radius 1 is 0.867 bits per heavy atom. The minimum absolute atomic E-state index is 0.0491. The molecule has 0 radical (unpaired) electrons. The number of benzene rings is 3. The highest BCUT2D eigenvalue weighted by atomic mass is 16.6. The summed E-state index contributed by atoms with van der Waals surface area (Å²) in [6.45, 7) is 5.59. The molecule has 4 aromatic rings. The third kappa shape index (κ3) is 5.69. The molecule has 0 bridgehead atoms. The second-order valence-electron chi connectivity index (χ2n) is 13.0. The summed E-state index contributed by atoms with van der Waals surface area (Å²) in [7, 11) is 1.70. The molecule has 3 heterocycles. The smallest absolute Gasteiger partial charge is 0.410 e. The van der Waals surface area contributed by atoms with Crippen LogP contribution in [0.2, 0.25) is 0 Å². The molecule has 45 heavy (non-hydrogen) atoms. The minimum atomic E-state index is -0.226. The van der Waals surface area contributed by atoms with Crippen molar-refractivity contribution < 1.29 is 14.3 Å². The third-order valence-electron chi connectivity index (χ3n) is 10.3. The minimum Gasteiger partial charge on any atom is -0.445 e. The first kappa shape index (κ1) is 29.5. The van der Waals surface area contributed by atoms with Crippen LogP contribution in [0.3, 0.4) is 0 Å². The second-order valence-corrected chi connectivity index (χ2v) is 13.0. The number of amides is 2. The lowest BCUT2D eigenvalue weighted by atomic mass is 9.81. The predicted molar refractivity (Wildman–Crippen MR) is 180 cm³/mol. The number of nitrogens with zero attached hydrogens (tertiary/aromatic N) is 3. The summed E-state index contributed by atoms with van der Waals surface area (Å²) < 4.78 is 8.17. The molecule has 2 amide bonds. The lowest BCUT2D eigenvalue weighted by Crippen LogP contribution is -2.47. The van der Waals surface area contributed by atoms with Crippen LogP contribution in [0.1, 0.15) is 77.9 Å². The molecule has 1 saturated heterocycles. The van der Waals surface area contributed by atoms with Crippen LogP contribution in [0, 0.1) is 6.92 Å². The summed E-state index contributed by atoms with van der Waals surface area (Å²) in [4.78, 5) is 30.1. The zero-order valence-corrected chi connectivity index (χ0v) is 26.6. The predicted octanol–water partition coefficient (Wildman–Crippen LogP) is 7.65. The van der Waals surface area contributed by atoms with Gasteiger partial charge in [0.25, 0.3) is 5.91 Å². The zero-order valence-electron chi connectivity index (χ0n) is 26.6. The van der Waals surface area contributed by atoms with Crippen LogP contribution in [0.4, 0.5) is 10.5 Å². The summed E-state index contributed by atoms with van der Waals surface area (Å²) >= 11 is 0. The Bertz CT molecular complexity index is 1700. The van der Waals surface area contributed by atoms with Crippen molar-refractivity contribution in [2.75, 3.05) is 31.6 Å². The van der Waals surface area contributed by atoms with Gasteiger partial charge in [-0.3, -0.25) is 4.79 Å². The van der Waals surface area contributed by atoms with Gasteiger partial charge in [-0.1, -0.05) is 67.8 Å². The molecule has 3 aliphatic rings. The van der Waals surface area contributed by atoms with Gasteiger partial charge in [0.05, 0.1) is 5.69 Å². The van der Waals surface area contributed by atoms with Crippen LogP contribution < -0.4 is 10.2 Å². The maximum Gasteiger partial charge on any atom is 0.410 e. The van der Waals surface area contributed by atoms with Crippen molar-refractivity contribution in [3.05, 3.63) is 89.0 Å². The van der Waals surface area contributed by atoms with Crippen molar-refractivity contribution in [1.29, 1.82) is 0 Å². The average molecular weight is 605 g/mol. The molecule has 7 heteroatoms. The van der Waals surface area contributed by atoms with Gasteiger partial charge in [-0.25, -0.2) is 4.79 Å². The van der Waals surface area contributed by atoms with Crippen molar-refractivity contribution in [3.63, 3.8) is 0 Å². The van der Waals surface area contributed by atoms with Gasteiger partial charge in [0.2, 0.25) is 0 Å². The first-order valence-corrected chi connectivity index (χ1v) is 16.7. The Kier molecular flexibility index (Phi) is 8.26. The Morgan fingerprint density at radius 2 is 1.64 bits per heavy atom. The van der Waals surface area contributed by atoms with Crippen LogP contribution in [-0.4, -0.2) is 54.2 Å². The summed E-state index contributed by atoms with van der Waals surface area (Å²) in [6.07, 6.45) is 7.86.